The summed E-state index contributed by atoms with van der Waals surface area (Å²) in [5.41, 5.74) is 0.858. The van der Waals surface area contributed by atoms with E-state index in [2.05, 4.69) is 16.9 Å². The lowest BCUT2D eigenvalue weighted by molar-refractivity contribution is -0.384. The molecular weight excluding hydrogens is 436 g/mol. The Kier molecular flexibility index (Phi) is 9.70. The molecule has 0 aromatic carbocycles. The zero-order valence-corrected chi connectivity index (χ0v) is 19.9. The van der Waals surface area contributed by atoms with Crippen LogP contribution in [-0.4, -0.2) is 43.8 Å². The van der Waals surface area contributed by atoms with Crippen LogP contribution >= 0.6 is 23.1 Å². The van der Waals surface area contributed by atoms with Crippen molar-refractivity contribution in [2.75, 3.05) is 18.0 Å². The Morgan fingerprint density at radius 2 is 2.03 bits per heavy atom. The van der Waals surface area contributed by atoms with Crippen LogP contribution in [0.5, 0.6) is 0 Å². The lowest BCUT2D eigenvalue weighted by atomic mass is 10.1. The fourth-order valence-corrected chi connectivity index (χ4v) is 5.19. The molecule has 0 amide bonds. The maximum absolute atomic E-state index is 11.5. The molecule has 0 aliphatic rings. The molecule has 2 aromatic heterocycles. The zero-order chi connectivity index (χ0) is 22.9. The van der Waals surface area contributed by atoms with Crippen LogP contribution in [0.3, 0.4) is 0 Å². The van der Waals surface area contributed by atoms with Crippen LogP contribution in [-0.2, 0) is 11.2 Å². The van der Waals surface area contributed by atoms with Gasteiger partial charge < -0.3 is 10.0 Å². The van der Waals surface area contributed by atoms with Crippen molar-refractivity contribution in [2.45, 2.75) is 68.4 Å². The first-order chi connectivity index (χ1) is 14.7. The topological polar surface area (TPSA) is 109 Å². The van der Waals surface area contributed by atoms with E-state index in [0.29, 0.717) is 29.7 Å². The van der Waals surface area contributed by atoms with Crippen molar-refractivity contribution in [1.82, 2.24) is 9.97 Å². The normalized spacial score (nSPS) is 11.5. The van der Waals surface area contributed by atoms with Crippen LogP contribution in [0.4, 0.5) is 11.5 Å². The number of pyridine rings is 1. The number of rotatable bonds is 14. The number of aliphatic carboxylic acids is 1. The molecule has 0 aliphatic carbocycles. The fourth-order valence-electron chi connectivity index (χ4n) is 2.97. The van der Waals surface area contributed by atoms with Crippen LogP contribution in [0.1, 0.15) is 58.6 Å². The highest BCUT2D eigenvalue weighted by molar-refractivity contribution is 8.02. The Balaban J connectivity index is 2.08. The average Bonchev–Trinajstić information content (AvgIpc) is 3.16. The van der Waals surface area contributed by atoms with Gasteiger partial charge in [-0.1, -0.05) is 44.4 Å². The first-order valence-electron chi connectivity index (χ1n) is 10.5. The molecule has 0 bridgehead atoms. The van der Waals surface area contributed by atoms with Crippen LogP contribution in [0.2, 0.25) is 0 Å². The number of carbonyl (C=O) groups is 1. The predicted molar refractivity (Wildman–Crippen MR) is 125 cm³/mol. The molecule has 2 rings (SSSR count). The third-order valence-corrected chi connectivity index (χ3v) is 6.99. The maximum Gasteiger partial charge on any atom is 0.319 e. The smallest absolute Gasteiger partial charge is 0.319 e. The molecule has 0 saturated heterocycles. The van der Waals surface area contributed by atoms with Gasteiger partial charge in [0.1, 0.15) is 4.75 Å². The summed E-state index contributed by atoms with van der Waals surface area (Å²) in [6, 6.07) is 3.06. The Hall–Kier alpha value is -2.20. The second-order valence-electron chi connectivity index (χ2n) is 7.78. The maximum atomic E-state index is 11.5. The fraction of sp³-hybridized carbons (Fsp3) is 0.571. The number of hydrogen-bond donors (Lipinski definition) is 1. The van der Waals surface area contributed by atoms with Crippen molar-refractivity contribution in [3.05, 3.63) is 39.5 Å². The molecule has 2 aromatic rings. The second kappa shape index (κ2) is 12.0. The average molecular weight is 467 g/mol. The van der Waals surface area contributed by atoms with Crippen molar-refractivity contribution in [1.29, 1.82) is 0 Å². The number of hydrogen-bond acceptors (Lipinski definition) is 8. The van der Waals surface area contributed by atoms with E-state index in [-0.39, 0.29) is 5.69 Å². The molecule has 0 fully saturated rings. The largest absolute Gasteiger partial charge is 0.480 e. The van der Waals surface area contributed by atoms with E-state index in [0.717, 1.165) is 31.4 Å². The van der Waals surface area contributed by atoms with E-state index in [1.807, 2.05) is 10.3 Å². The van der Waals surface area contributed by atoms with Crippen LogP contribution in [0.15, 0.2) is 28.0 Å². The molecule has 8 nitrogen and oxygen atoms in total. The van der Waals surface area contributed by atoms with Gasteiger partial charge >= 0.3 is 11.7 Å². The highest BCUT2D eigenvalue weighted by atomic mass is 32.2. The lowest BCUT2D eigenvalue weighted by Gasteiger charge is -2.23. The van der Waals surface area contributed by atoms with Crippen LogP contribution in [0.25, 0.3) is 0 Å². The summed E-state index contributed by atoms with van der Waals surface area (Å²) in [6.07, 6.45) is 7.71. The molecule has 1 N–H and O–H groups in total. The van der Waals surface area contributed by atoms with E-state index in [1.54, 1.807) is 26.1 Å². The Bertz CT molecular complexity index is 873. The van der Waals surface area contributed by atoms with E-state index in [9.17, 15) is 20.0 Å². The van der Waals surface area contributed by atoms with Crippen molar-refractivity contribution in [3.8, 4) is 0 Å². The summed E-state index contributed by atoms with van der Waals surface area (Å²) < 4.78 is -0.244. The molecule has 31 heavy (non-hydrogen) atoms. The van der Waals surface area contributed by atoms with E-state index in [1.165, 1.54) is 35.6 Å². The van der Waals surface area contributed by atoms with Gasteiger partial charge in [-0.3, -0.25) is 14.9 Å². The van der Waals surface area contributed by atoms with Gasteiger partial charge in [-0.05, 0) is 26.3 Å². The first kappa shape index (κ1) is 25.1. The molecule has 0 radical (unpaired) electrons. The predicted octanol–water partition coefficient (Wildman–Crippen LogP) is 5.42. The van der Waals surface area contributed by atoms with Gasteiger partial charge in [0.05, 0.1) is 10.6 Å². The summed E-state index contributed by atoms with van der Waals surface area (Å²) in [4.78, 5) is 33.3. The number of carboxylic acids is 1. The lowest BCUT2D eigenvalue weighted by Crippen LogP contribution is -2.28. The minimum atomic E-state index is -0.950. The molecule has 0 aliphatic heterocycles. The summed E-state index contributed by atoms with van der Waals surface area (Å²) in [5.74, 6) is -0.495. The van der Waals surface area contributed by atoms with Crippen molar-refractivity contribution < 1.29 is 14.8 Å². The van der Waals surface area contributed by atoms with E-state index < -0.39 is 15.6 Å². The number of nitrogens with zero attached hydrogens (tertiary/aromatic N) is 4. The molecular formula is C21H30N4O4S2. The standard InChI is InChI=1S/C21H30N4O4S2/c1-4-5-6-7-8-13-24(18-17(25(28)29)10-9-12-22-18)14-11-16-15-30-20(23-16)31-21(2,3)19(26)27/h9-10,12,15H,4-8,11,13-14H2,1-3H3,(H,26,27). The highest BCUT2D eigenvalue weighted by Gasteiger charge is 2.30. The molecule has 2 heterocycles. The molecule has 0 spiro atoms. The molecule has 0 unspecified atom stereocenters. The zero-order valence-electron chi connectivity index (χ0n) is 18.2. The van der Waals surface area contributed by atoms with Crippen molar-refractivity contribution >= 4 is 40.6 Å². The number of aromatic nitrogens is 2. The number of carboxylic acid groups (broad SMARTS) is 1. The highest BCUT2D eigenvalue weighted by Crippen LogP contribution is 2.35. The third-order valence-electron chi connectivity index (χ3n) is 4.82. The Labute approximate surface area is 191 Å². The molecule has 0 saturated carbocycles. The van der Waals surface area contributed by atoms with E-state index in [4.69, 9.17) is 0 Å². The number of nitro groups is 1. The number of unbranched alkanes of at least 4 members (excludes halogenated alkanes) is 4. The Morgan fingerprint density at radius 1 is 1.29 bits per heavy atom. The van der Waals surface area contributed by atoms with E-state index >= 15 is 0 Å². The van der Waals surface area contributed by atoms with Crippen LogP contribution < -0.4 is 4.90 Å². The first-order valence-corrected chi connectivity index (χ1v) is 12.2. The summed E-state index contributed by atoms with van der Waals surface area (Å²) in [7, 11) is 0. The minimum absolute atomic E-state index is 0.00814. The summed E-state index contributed by atoms with van der Waals surface area (Å²) in [6.45, 7) is 6.73. The van der Waals surface area contributed by atoms with Gasteiger partial charge in [0.2, 0.25) is 5.82 Å². The minimum Gasteiger partial charge on any atom is -0.480 e. The van der Waals surface area contributed by atoms with Crippen molar-refractivity contribution in [2.24, 2.45) is 0 Å². The monoisotopic (exact) mass is 466 g/mol. The number of thioether (sulfide) groups is 1. The van der Waals surface area contributed by atoms with Gasteiger partial charge in [-0.15, -0.1) is 11.3 Å². The second-order valence-corrected chi connectivity index (χ2v) is 10.5. The van der Waals surface area contributed by atoms with Gasteiger partial charge in [0.15, 0.2) is 4.34 Å². The SMILES string of the molecule is CCCCCCCN(CCc1csc(SC(C)(C)C(=O)O)n1)c1ncccc1[N+](=O)[O-]. The quantitative estimate of drug-likeness (QED) is 0.170. The molecule has 0 atom stereocenters. The van der Waals surface area contributed by atoms with Crippen LogP contribution in [0, 0.1) is 10.1 Å². The van der Waals surface area contributed by atoms with Gasteiger partial charge in [-0.25, -0.2) is 9.97 Å². The number of thiazole rings is 1. The molecule has 170 valence electrons. The van der Waals surface area contributed by atoms with Gasteiger partial charge in [-0.2, -0.15) is 0 Å². The molecule has 10 heteroatoms. The number of anilines is 1. The summed E-state index contributed by atoms with van der Waals surface area (Å²) in [5, 5.41) is 22.7. The van der Waals surface area contributed by atoms with Crippen molar-refractivity contribution in [3.63, 3.8) is 0 Å². The Morgan fingerprint density at radius 3 is 2.71 bits per heavy atom. The summed E-state index contributed by atoms with van der Waals surface area (Å²) >= 11 is 2.65. The van der Waals surface area contributed by atoms with Gasteiger partial charge in [0, 0.05) is 37.2 Å². The van der Waals surface area contributed by atoms with Gasteiger partial charge in [0.25, 0.3) is 0 Å². The third kappa shape index (κ3) is 7.77.